The molecule has 0 unspecified atom stereocenters. The fourth-order valence-electron chi connectivity index (χ4n) is 0.814. The maximum Gasteiger partial charge on any atom is 2.00 e. The average Bonchev–Trinajstić information content (AvgIpc) is 2.04. The molecule has 0 saturated heterocycles. The van der Waals surface area contributed by atoms with Crippen LogP contribution in [0.2, 0.25) is 0 Å². The van der Waals surface area contributed by atoms with E-state index in [9.17, 15) is 14.9 Å². The minimum Gasteiger partial charge on any atom is -1.00 e. The van der Waals surface area contributed by atoms with Crippen LogP contribution in [0, 0.1) is 10.1 Å². The molecule has 0 atom stereocenters. The van der Waals surface area contributed by atoms with Gasteiger partial charge >= 0.3 is 51.5 Å². The number of nitrogens with zero attached hydrogens (tertiary/aromatic N) is 1. The molecule has 1 N–H and O–H groups in total. The van der Waals surface area contributed by atoms with Gasteiger partial charge in [-0.3, -0.25) is 10.1 Å². The van der Waals surface area contributed by atoms with Crippen LogP contribution in [0.15, 0.2) is 24.3 Å². The predicted molar refractivity (Wildman–Crippen MR) is 48.0 cm³/mol. The standard InChI is InChI=1S/C7H5NO4.Sr.2H/c9-7(10)5-3-1-2-4-6(5)8(11)12;;;/h1-4H,(H,9,10);;;/q;+2;2*-1. The first kappa shape index (κ1) is 12.6. The molecular weight excluding hydrogens is 250 g/mol. The largest absolute Gasteiger partial charge is 2.00 e. The second-order valence-electron chi connectivity index (χ2n) is 2.08. The minimum atomic E-state index is -1.29. The van der Waals surface area contributed by atoms with Crippen LogP contribution in [0.3, 0.4) is 0 Å². The van der Waals surface area contributed by atoms with Crippen molar-refractivity contribution in [1.82, 2.24) is 0 Å². The van der Waals surface area contributed by atoms with E-state index in [1.807, 2.05) is 0 Å². The molecular formula is C7H7NO4Sr. The molecule has 5 nitrogen and oxygen atoms in total. The van der Waals surface area contributed by atoms with Crippen molar-refractivity contribution >= 4 is 57.1 Å². The van der Waals surface area contributed by atoms with Crippen molar-refractivity contribution in [3.63, 3.8) is 0 Å². The van der Waals surface area contributed by atoms with E-state index in [0.29, 0.717) is 0 Å². The number of nitro groups is 1. The van der Waals surface area contributed by atoms with Gasteiger partial charge in [0.2, 0.25) is 0 Å². The molecule has 0 aromatic heterocycles. The van der Waals surface area contributed by atoms with Crippen molar-refractivity contribution in [2.45, 2.75) is 0 Å². The summed E-state index contributed by atoms with van der Waals surface area (Å²) in [4.78, 5) is 20.0. The third-order valence-electron chi connectivity index (χ3n) is 1.33. The van der Waals surface area contributed by atoms with Gasteiger partial charge in [0.05, 0.1) is 4.92 Å². The number of hydrogen-bond donors (Lipinski definition) is 1. The Hall–Kier alpha value is -0.429. The number of nitro benzene ring substituents is 1. The second-order valence-corrected chi connectivity index (χ2v) is 2.08. The van der Waals surface area contributed by atoms with Crippen LogP contribution in [0.25, 0.3) is 0 Å². The molecule has 1 rings (SSSR count). The summed E-state index contributed by atoms with van der Waals surface area (Å²) in [5.74, 6) is -1.29. The topological polar surface area (TPSA) is 80.4 Å². The van der Waals surface area contributed by atoms with Gasteiger partial charge < -0.3 is 7.96 Å². The van der Waals surface area contributed by atoms with Crippen LogP contribution in [0.5, 0.6) is 0 Å². The fourth-order valence-corrected chi connectivity index (χ4v) is 0.814. The van der Waals surface area contributed by atoms with E-state index in [4.69, 9.17) is 5.11 Å². The summed E-state index contributed by atoms with van der Waals surface area (Å²) in [5.41, 5.74) is -0.674. The third kappa shape index (κ3) is 3.07. The van der Waals surface area contributed by atoms with Crippen molar-refractivity contribution in [3.8, 4) is 0 Å². The summed E-state index contributed by atoms with van der Waals surface area (Å²) < 4.78 is 0. The van der Waals surface area contributed by atoms with Crippen molar-refractivity contribution in [2.24, 2.45) is 0 Å². The van der Waals surface area contributed by atoms with E-state index >= 15 is 0 Å². The second kappa shape index (κ2) is 5.33. The molecule has 0 amide bonds. The molecule has 13 heavy (non-hydrogen) atoms. The monoisotopic (exact) mass is 257 g/mol. The Kier molecular flexibility index (Phi) is 5.16. The summed E-state index contributed by atoms with van der Waals surface area (Å²) in [6.07, 6.45) is 0. The number of rotatable bonds is 2. The number of carboxylic acids is 1. The molecule has 0 spiro atoms. The van der Waals surface area contributed by atoms with Gasteiger partial charge in [-0.25, -0.2) is 4.79 Å². The maximum absolute atomic E-state index is 10.4. The first-order valence-electron chi connectivity index (χ1n) is 3.09. The van der Waals surface area contributed by atoms with Crippen LogP contribution in [-0.4, -0.2) is 61.5 Å². The number of aromatic carboxylic acids is 1. The molecule has 0 aliphatic heterocycles. The van der Waals surface area contributed by atoms with Crippen molar-refractivity contribution in [1.29, 1.82) is 0 Å². The SMILES string of the molecule is O=C(O)c1ccccc1[N+](=O)[O-].[H-].[H-].[Sr+2]. The molecule has 1 aromatic carbocycles. The van der Waals surface area contributed by atoms with Gasteiger partial charge in [0.1, 0.15) is 5.56 Å². The summed E-state index contributed by atoms with van der Waals surface area (Å²) in [7, 11) is 0. The van der Waals surface area contributed by atoms with Gasteiger partial charge in [0, 0.05) is 6.07 Å². The molecule has 6 heteroatoms. The Morgan fingerprint density at radius 1 is 1.46 bits per heavy atom. The molecule has 0 heterocycles. The van der Waals surface area contributed by atoms with Crippen molar-refractivity contribution in [3.05, 3.63) is 39.9 Å². The van der Waals surface area contributed by atoms with Crippen LogP contribution in [0.1, 0.15) is 13.2 Å². The summed E-state index contributed by atoms with van der Waals surface area (Å²) >= 11 is 0. The van der Waals surface area contributed by atoms with E-state index in [2.05, 4.69) is 0 Å². The molecule has 0 saturated carbocycles. The van der Waals surface area contributed by atoms with Crippen molar-refractivity contribution in [2.75, 3.05) is 0 Å². The minimum absolute atomic E-state index is 0. The Bertz CT molecular complexity index is 315. The number of benzene rings is 1. The number of carboxylic acid groups (broad SMARTS) is 1. The number of carbonyl (C=O) groups is 1. The summed E-state index contributed by atoms with van der Waals surface area (Å²) in [6, 6.07) is 5.21. The summed E-state index contributed by atoms with van der Waals surface area (Å²) in [6.45, 7) is 0. The van der Waals surface area contributed by atoms with Gasteiger partial charge in [-0.15, -0.1) is 0 Å². The van der Waals surface area contributed by atoms with Crippen LogP contribution in [0.4, 0.5) is 5.69 Å². The Morgan fingerprint density at radius 2 is 2.00 bits per heavy atom. The Morgan fingerprint density at radius 3 is 2.38 bits per heavy atom. The van der Waals surface area contributed by atoms with Crippen molar-refractivity contribution < 1.29 is 17.7 Å². The molecule has 0 aliphatic rings. The Balaban J connectivity index is -0.000000480. The van der Waals surface area contributed by atoms with Gasteiger partial charge in [-0.1, -0.05) is 12.1 Å². The third-order valence-corrected chi connectivity index (χ3v) is 1.33. The molecule has 0 radical (unpaired) electrons. The van der Waals surface area contributed by atoms with E-state index in [1.54, 1.807) is 0 Å². The van der Waals surface area contributed by atoms with E-state index in [-0.39, 0.29) is 59.6 Å². The number of para-hydroxylation sites is 1. The van der Waals surface area contributed by atoms with E-state index in [0.717, 1.165) is 6.07 Å². The molecule has 66 valence electrons. The molecule has 1 aromatic rings. The van der Waals surface area contributed by atoms with E-state index < -0.39 is 10.9 Å². The smallest absolute Gasteiger partial charge is 1.00 e. The Labute approximate surface area is 114 Å². The number of hydrogen-bond acceptors (Lipinski definition) is 3. The quantitative estimate of drug-likeness (QED) is 0.489. The molecule has 0 fully saturated rings. The average molecular weight is 257 g/mol. The van der Waals surface area contributed by atoms with Crippen LogP contribution in [-0.2, 0) is 0 Å². The van der Waals surface area contributed by atoms with Crippen LogP contribution < -0.4 is 0 Å². The van der Waals surface area contributed by atoms with E-state index in [1.165, 1.54) is 18.2 Å². The van der Waals surface area contributed by atoms with Gasteiger partial charge in [0.25, 0.3) is 5.69 Å². The zero-order chi connectivity index (χ0) is 9.14. The van der Waals surface area contributed by atoms with Crippen LogP contribution >= 0.6 is 0 Å². The summed E-state index contributed by atoms with van der Waals surface area (Å²) in [5, 5.41) is 18.8. The maximum atomic E-state index is 10.4. The zero-order valence-electron chi connectivity index (χ0n) is 8.64. The van der Waals surface area contributed by atoms with Gasteiger partial charge in [0.15, 0.2) is 0 Å². The molecule has 0 bridgehead atoms. The first-order chi connectivity index (χ1) is 5.63. The van der Waals surface area contributed by atoms with Gasteiger partial charge in [-0.05, 0) is 6.07 Å². The van der Waals surface area contributed by atoms with Gasteiger partial charge in [-0.2, -0.15) is 0 Å². The predicted octanol–water partition coefficient (Wildman–Crippen LogP) is 1.14. The molecule has 0 aliphatic carbocycles. The fraction of sp³-hybridized carbons (Fsp3) is 0. The first-order valence-corrected chi connectivity index (χ1v) is 3.09. The normalized spacial score (nSPS) is 8.62. The zero-order valence-corrected chi connectivity index (χ0v) is 10.1.